The van der Waals surface area contributed by atoms with Crippen LogP contribution in [0.25, 0.3) is 10.9 Å². The van der Waals surface area contributed by atoms with Crippen molar-refractivity contribution in [2.75, 3.05) is 5.32 Å². The van der Waals surface area contributed by atoms with E-state index in [1.165, 1.54) is 0 Å². The smallest absolute Gasteiger partial charge is 0.272 e. The van der Waals surface area contributed by atoms with Gasteiger partial charge in [-0.05, 0) is 36.8 Å². The quantitative estimate of drug-likeness (QED) is 0.720. The van der Waals surface area contributed by atoms with Crippen LogP contribution in [-0.2, 0) is 0 Å². The summed E-state index contributed by atoms with van der Waals surface area (Å²) >= 11 is 6.11. The van der Waals surface area contributed by atoms with Gasteiger partial charge in [0.2, 0.25) is 0 Å². The van der Waals surface area contributed by atoms with E-state index >= 15 is 0 Å². The second kappa shape index (κ2) is 5.02. The molecule has 1 amide bonds. The zero-order valence-corrected chi connectivity index (χ0v) is 11.7. The molecule has 0 saturated carbocycles. The van der Waals surface area contributed by atoms with Gasteiger partial charge < -0.3 is 10.3 Å². The van der Waals surface area contributed by atoms with E-state index in [4.69, 9.17) is 11.6 Å². The maximum absolute atomic E-state index is 12.2. The van der Waals surface area contributed by atoms with Crippen molar-refractivity contribution in [2.45, 2.75) is 6.92 Å². The number of benzene rings is 2. The van der Waals surface area contributed by atoms with Gasteiger partial charge in [0.25, 0.3) is 5.91 Å². The summed E-state index contributed by atoms with van der Waals surface area (Å²) in [6, 6.07) is 15.1. The third-order valence-electron chi connectivity index (χ3n) is 3.15. The fourth-order valence-corrected chi connectivity index (χ4v) is 2.39. The molecule has 3 aromatic rings. The summed E-state index contributed by atoms with van der Waals surface area (Å²) in [5.41, 5.74) is 3.12. The number of aromatic nitrogens is 1. The fraction of sp³-hybridized carbons (Fsp3) is 0.0625. The zero-order valence-electron chi connectivity index (χ0n) is 10.9. The number of H-pyrrole nitrogens is 1. The molecule has 20 heavy (non-hydrogen) atoms. The molecule has 0 fully saturated rings. The van der Waals surface area contributed by atoms with Crippen LogP contribution < -0.4 is 5.32 Å². The predicted molar refractivity (Wildman–Crippen MR) is 82.4 cm³/mol. The molecule has 0 radical (unpaired) electrons. The monoisotopic (exact) mass is 284 g/mol. The highest BCUT2D eigenvalue weighted by atomic mass is 35.5. The van der Waals surface area contributed by atoms with Crippen LogP contribution in [0.4, 0.5) is 5.69 Å². The molecule has 2 aromatic carbocycles. The van der Waals surface area contributed by atoms with E-state index in [1.807, 2.05) is 49.4 Å². The highest BCUT2D eigenvalue weighted by molar-refractivity contribution is 6.34. The van der Waals surface area contributed by atoms with Crippen LogP contribution in [-0.4, -0.2) is 10.9 Å². The van der Waals surface area contributed by atoms with Crippen molar-refractivity contribution < 1.29 is 4.79 Å². The molecule has 0 aliphatic carbocycles. The van der Waals surface area contributed by atoms with Gasteiger partial charge in [-0.15, -0.1) is 0 Å². The Morgan fingerprint density at radius 3 is 2.70 bits per heavy atom. The summed E-state index contributed by atoms with van der Waals surface area (Å²) in [5.74, 6) is -0.202. The van der Waals surface area contributed by atoms with E-state index in [-0.39, 0.29) is 5.91 Å². The van der Waals surface area contributed by atoms with Gasteiger partial charge in [-0.3, -0.25) is 4.79 Å². The molecule has 2 N–H and O–H groups in total. The summed E-state index contributed by atoms with van der Waals surface area (Å²) in [6.45, 7) is 1.95. The molecule has 0 aliphatic rings. The van der Waals surface area contributed by atoms with Gasteiger partial charge in [-0.1, -0.05) is 35.9 Å². The van der Waals surface area contributed by atoms with Gasteiger partial charge in [0, 0.05) is 10.9 Å². The number of nitrogens with one attached hydrogen (secondary N) is 2. The molecule has 3 nitrogen and oxygen atoms in total. The van der Waals surface area contributed by atoms with Crippen molar-refractivity contribution in [3.05, 3.63) is 64.8 Å². The molecule has 1 aromatic heterocycles. The van der Waals surface area contributed by atoms with Crippen molar-refractivity contribution in [2.24, 2.45) is 0 Å². The Balaban J connectivity index is 1.89. The van der Waals surface area contributed by atoms with E-state index < -0.39 is 0 Å². The number of aromatic amines is 1. The number of hydrogen-bond acceptors (Lipinski definition) is 1. The number of carbonyl (C=O) groups excluding carboxylic acids is 1. The van der Waals surface area contributed by atoms with Crippen LogP contribution in [0.5, 0.6) is 0 Å². The molecule has 0 saturated heterocycles. The van der Waals surface area contributed by atoms with Crippen molar-refractivity contribution in [1.29, 1.82) is 0 Å². The van der Waals surface area contributed by atoms with Crippen LogP contribution >= 0.6 is 11.6 Å². The van der Waals surface area contributed by atoms with Crippen molar-refractivity contribution in [3.63, 3.8) is 0 Å². The summed E-state index contributed by atoms with van der Waals surface area (Å²) in [6.07, 6.45) is 0. The number of hydrogen-bond donors (Lipinski definition) is 2. The average molecular weight is 285 g/mol. The normalized spacial score (nSPS) is 10.7. The number of para-hydroxylation sites is 1. The number of halogens is 1. The molecule has 3 rings (SSSR count). The second-order valence-electron chi connectivity index (χ2n) is 4.71. The van der Waals surface area contributed by atoms with Crippen LogP contribution in [0, 0.1) is 6.92 Å². The minimum atomic E-state index is -0.202. The maximum atomic E-state index is 12.2. The van der Waals surface area contributed by atoms with Crippen LogP contribution in [0.2, 0.25) is 5.02 Å². The van der Waals surface area contributed by atoms with E-state index in [1.54, 1.807) is 6.07 Å². The molecule has 100 valence electrons. The molecule has 0 atom stereocenters. The third kappa shape index (κ3) is 2.40. The Kier molecular flexibility index (Phi) is 3.20. The first-order valence-electron chi connectivity index (χ1n) is 6.29. The van der Waals surface area contributed by atoms with Gasteiger partial charge in [0.1, 0.15) is 5.69 Å². The summed E-state index contributed by atoms with van der Waals surface area (Å²) < 4.78 is 0. The van der Waals surface area contributed by atoms with Crippen molar-refractivity contribution >= 4 is 34.1 Å². The van der Waals surface area contributed by atoms with Crippen molar-refractivity contribution in [1.82, 2.24) is 4.98 Å². The number of aryl methyl sites for hydroxylation is 1. The highest BCUT2D eigenvalue weighted by Crippen LogP contribution is 2.23. The van der Waals surface area contributed by atoms with Gasteiger partial charge in [0.05, 0.1) is 10.7 Å². The number of fused-ring (bicyclic) bond motifs is 1. The number of rotatable bonds is 2. The highest BCUT2D eigenvalue weighted by Gasteiger charge is 2.11. The first kappa shape index (κ1) is 12.8. The Hall–Kier alpha value is -2.26. The Morgan fingerprint density at radius 2 is 1.95 bits per heavy atom. The Morgan fingerprint density at radius 1 is 1.15 bits per heavy atom. The van der Waals surface area contributed by atoms with Crippen LogP contribution in [0.1, 0.15) is 16.1 Å². The zero-order chi connectivity index (χ0) is 14.1. The minimum absolute atomic E-state index is 0.202. The first-order chi connectivity index (χ1) is 9.63. The maximum Gasteiger partial charge on any atom is 0.272 e. The van der Waals surface area contributed by atoms with Gasteiger partial charge in [-0.25, -0.2) is 0 Å². The van der Waals surface area contributed by atoms with E-state index in [0.29, 0.717) is 16.4 Å². The molecule has 0 unspecified atom stereocenters. The molecule has 0 aliphatic heterocycles. The first-order valence-corrected chi connectivity index (χ1v) is 6.66. The third-order valence-corrected chi connectivity index (χ3v) is 3.46. The molecule has 1 heterocycles. The van der Waals surface area contributed by atoms with Gasteiger partial charge in [-0.2, -0.15) is 0 Å². The van der Waals surface area contributed by atoms with E-state index in [0.717, 1.165) is 16.5 Å². The fourth-order valence-electron chi connectivity index (χ4n) is 2.11. The molecule has 4 heteroatoms. The van der Waals surface area contributed by atoms with Crippen LogP contribution in [0.15, 0.2) is 48.5 Å². The number of anilines is 1. The average Bonchev–Trinajstić information content (AvgIpc) is 2.86. The van der Waals surface area contributed by atoms with Crippen LogP contribution in [0.3, 0.4) is 0 Å². The van der Waals surface area contributed by atoms with E-state index in [2.05, 4.69) is 10.3 Å². The molecular formula is C16H13ClN2O. The van der Waals surface area contributed by atoms with Gasteiger partial charge >= 0.3 is 0 Å². The summed E-state index contributed by atoms with van der Waals surface area (Å²) in [5, 5.41) is 4.36. The minimum Gasteiger partial charge on any atom is -0.351 e. The predicted octanol–water partition coefficient (Wildman–Crippen LogP) is 4.38. The molecule has 0 bridgehead atoms. The summed E-state index contributed by atoms with van der Waals surface area (Å²) in [7, 11) is 0. The number of amides is 1. The lowest BCUT2D eigenvalue weighted by molar-refractivity contribution is 0.102. The Bertz CT molecular complexity index is 759. The topological polar surface area (TPSA) is 44.9 Å². The Labute approximate surface area is 121 Å². The van der Waals surface area contributed by atoms with Gasteiger partial charge in [0.15, 0.2) is 0 Å². The number of carbonyl (C=O) groups is 1. The molecular weight excluding hydrogens is 272 g/mol. The largest absolute Gasteiger partial charge is 0.351 e. The second-order valence-corrected chi connectivity index (χ2v) is 5.11. The lowest BCUT2D eigenvalue weighted by Gasteiger charge is -2.06. The van der Waals surface area contributed by atoms with Crippen molar-refractivity contribution in [3.8, 4) is 0 Å². The lowest BCUT2D eigenvalue weighted by atomic mass is 10.2. The molecule has 0 spiro atoms. The SMILES string of the molecule is Cc1ccc(NC(=O)c2cc3ccccc3[nH]2)c(Cl)c1. The standard InChI is InChI=1S/C16H13ClN2O/c1-10-6-7-14(12(17)8-10)19-16(20)15-9-11-4-2-3-5-13(11)18-15/h2-9,18H,1H3,(H,19,20). The lowest BCUT2D eigenvalue weighted by Crippen LogP contribution is -2.12. The summed E-state index contributed by atoms with van der Waals surface area (Å²) in [4.78, 5) is 15.3. The van der Waals surface area contributed by atoms with E-state index in [9.17, 15) is 4.79 Å².